The van der Waals surface area contributed by atoms with Crippen molar-refractivity contribution < 1.29 is 14.3 Å². The fourth-order valence-electron chi connectivity index (χ4n) is 3.67. The van der Waals surface area contributed by atoms with Gasteiger partial charge in [0.25, 0.3) is 0 Å². The van der Waals surface area contributed by atoms with Gasteiger partial charge >= 0.3 is 6.09 Å². The van der Waals surface area contributed by atoms with Crippen molar-refractivity contribution in [1.82, 2.24) is 15.2 Å². The predicted molar refractivity (Wildman–Crippen MR) is 125 cm³/mol. The molecule has 0 saturated carbocycles. The molecule has 0 radical (unpaired) electrons. The molecule has 8 heteroatoms. The van der Waals surface area contributed by atoms with Crippen molar-refractivity contribution in [3.05, 3.63) is 83.4 Å². The summed E-state index contributed by atoms with van der Waals surface area (Å²) in [5.74, 6) is -0.0932. The van der Waals surface area contributed by atoms with Crippen molar-refractivity contribution in [2.45, 2.75) is 19.1 Å². The molecular formula is C24H26N4O3S. The summed E-state index contributed by atoms with van der Waals surface area (Å²) in [5.41, 5.74) is 1.88. The highest BCUT2D eigenvalue weighted by Crippen LogP contribution is 2.19. The van der Waals surface area contributed by atoms with Gasteiger partial charge < -0.3 is 19.9 Å². The number of nitrogens with zero attached hydrogens (tertiary/aromatic N) is 3. The molecule has 1 unspecified atom stereocenters. The lowest BCUT2D eigenvalue weighted by Crippen LogP contribution is -2.55. The van der Waals surface area contributed by atoms with Crippen LogP contribution in [0.2, 0.25) is 0 Å². The Kier molecular flexibility index (Phi) is 7.34. The summed E-state index contributed by atoms with van der Waals surface area (Å²) in [6.45, 7) is 2.77. The van der Waals surface area contributed by atoms with E-state index in [1.165, 1.54) is 0 Å². The summed E-state index contributed by atoms with van der Waals surface area (Å²) in [6, 6.07) is 18.5. The molecule has 1 N–H and O–H groups in total. The van der Waals surface area contributed by atoms with E-state index in [0.717, 1.165) is 29.3 Å². The highest BCUT2D eigenvalue weighted by Gasteiger charge is 2.29. The number of piperazine rings is 1. The zero-order valence-electron chi connectivity index (χ0n) is 17.7. The maximum atomic E-state index is 13.3. The maximum absolute atomic E-state index is 13.3. The van der Waals surface area contributed by atoms with Gasteiger partial charge in [0, 0.05) is 44.2 Å². The number of aromatic nitrogens is 1. The number of anilines is 1. The van der Waals surface area contributed by atoms with Gasteiger partial charge in [-0.25, -0.2) is 9.78 Å². The van der Waals surface area contributed by atoms with Gasteiger partial charge in [0.05, 0.1) is 0 Å². The molecule has 1 aliphatic rings. The topological polar surface area (TPSA) is 74.8 Å². The lowest BCUT2D eigenvalue weighted by atomic mass is 10.0. The normalized spacial score (nSPS) is 14.6. The van der Waals surface area contributed by atoms with Crippen LogP contribution in [0.25, 0.3) is 0 Å². The molecule has 2 amide bonds. The van der Waals surface area contributed by atoms with Crippen LogP contribution in [0.1, 0.15) is 11.1 Å². The Morgan fingerprint density at radius 2 is 1.62 bits per heavy atom. The second kappa shape index (κ2) is 10.8. The van der Waals surface area contributed by atoms with Crippen molar-refractivity contribution >= 4 is 28.5 Å². The molecule has 1 aliphatic heterocycles. The van der Waals surface area contributed by atoms with Crippen molar-refractivity contribution in [2.75, 3.05) is 31.1 Å². The fourth-order valence-corrected chi connectivity index (χ4v) is 4.36. The summed E-state index contributed by atoms with van der Waals surface area (Å²) in [4.78, 5) is 34.2. The summed E-state index contributed by atoms with van der Waals surface area (Å²) in [5, 5.41) is 5.72. The van der Waals surface area contributed by atoms with Crippen LogP contribution in [0.4, 0.5) is 9.93 Å². The number of amides is 2. The predicted octanol–water partition coefficient (Wildman–Crippen LogP) is 3.33. The average Bonchev–Trinajstić information content (AvgIpc) is 3.38. The molecule has 166 valence electrons. The first kappa shape index (κ1) is 21.8. The zero-order chi connectivity index (χ0) is 22.2. The number of benzene rings is 2. The van der Waals surface area contributed by atoms with Gasteiger partial charge in [0.15, 0.2) is 5.13 Å². The second-order valence-corrected chi connectivity index (χ2v) is 8.45. The van der Waals surface area contributed by atoms with Crippen LogP contribution in [0.3, 0.4) is 0 Å². The summed E-state index contributed by atoms with van der Waals surface area (Å²) >= 11 is 1.60. The molecule has 0 aliphatic carbocycles. The van der Waals surface area contributed by atoms with Crippen LogP contribution in [0.15, 0.2) is 72.2 Å². The number of nitrogens with one attached hydrogen (secondary N) is 1. The van der Waals surface area contributed by atoms with Crippen LogP contribution in [-0.4, -0.2) is 54.1 Å². The van der Waals surface area contributed by atoms with Gasteiger partial charge in [0.2, 0.25) is 5.91 Å². The molecule has 7 nitrogen and oxygen atoms in total. The van der Waals surface area contributed by atoms with E-state index in [0.29, 0.717) is 19.5 Å². The highest BCUT2D eigenvalue weighted by molar-refractivity contribution is 7.13. The molecule has 0 bridgehead atoms. The van der Waals surface area contributed by atoms with Gasteiger partial charge in [-0.2, -0.15) is 0 Å². The van der Waals surface area contributed by atoms with E-state index in [9.17, 15) is 9.59 Å². The SMILES string of the molecule is O=C(NC(Cc1ccccc1)C(=O)N1CCN(c2nccs2)CC1)OCc1ccccc1. The van der Waals surface area contributed by atoms with Crippen LogP contribution in [-0.2, 0) is 22.6 Å². The van der Waals surface area contributed by atoms with E-state index < -0.39 is 12.1 Å². The Balaban J connectivity index is 1.38. The number of hydrogen-bond acceptors (Lipinski definition) is 6. The Bertz CT molecular complexity index is 991. The monoisotopic (exact) mass is 450 g/mol. The largest absolute Gasteiger partial charge is 0.445 e. The smallest absolute Gasteiger partial charge is 0.408 e. The molecule has 2 aromatic carbocycles. The lowest BCUT2D eigenvalue weighted by molar-refractivity contribution is -0.133. The first-order valence-corrected chi connectivity index (χ1v) is 11.5. The Morgan fingerprint density at radius 1 is 0.969 bits per heavy atom. The quantitative estimate of drug-likeness (QED) is 0.598. The van der Waals surface area contributed by atoms with Gasteiger partial charge in [-0.15, -0.1) is 11.3 Å². The van der Waals surface area contributed by atoms with E-state index in [2.05, 4.69) is 15.2 Å². The summed E-state index contributed by atoms with van der Waals surface area (Å²) in [6.07, 6.45) is 1.61. The lowest BCUT2D eigenvalue weighted by Gasteiger charge is -2.36. The second-order valence-electron chi connectivity index (χ2n) is 7.58. The minimum Gasteiger partial charge on any atom is -0.445 e. The van der Waals surface area contributed by atoms with E-state index in [4.69, 9.17) is 4.74 Å². The van der Waals surface area contributed by atoms with Gasteiger partial charge in [0.1, 0.15) is 12.6 Å². The molecule has 32 heavy (non-hydrogen) atoms. The number of carbonyl (C=O) groups is 2. The molecule has 1 saturated heterocycles. The number of thiazole rings is 1. The van der Waals surface area contributed by atoms with E-state index >= 15 is 0 Å². The minimum atomic E-state index is -0.688. The molecule has 1 fully saturated rings. The van der Waals surface area contributed by atoms with E-state index in [1.54, 1.807) is 17.5 Å². The summed E-state index contributed by atoms with van der Waals surface area (Å²) < 4.78 is 5.36. The molecule has 4 rings (SSSR count). The first-order valence-electron chi connectivity index (χ1n) is 10.6. The standard InChI is InChI=1S/C24H26N4O3S/c29-22(27-12-14-28(15-13-27)23-25-11-16-32-23)21(17-19-7-3-1-4-8-19)26-24(30)31-18-20-9-5-2-6-10-20/h1-11,16,21H,12-15,17-18H2,(H,26,30). The number of rotatable bonds is 7. The third-order valence-corrected chi connectivity index (χ3v) is 6.20. The van der Waals surface area contributed by atoms with Crippen LogP contribution >= 0.6 is 11.3 Å². The van der Waals surface area contributed by atoms with Crippen LogP contribution < -0.4 is 10.2 Å². The van der Waals surface area contributed by atoms with Crippen molar-refractivity contribution in [2.24, 2.45) is 0 Å². The number of carbonyl (C=O) groups excluding carboxylic acids is 2. The Hall–Kier alpha value is -3.39. The highest BCUT2D eigenvalue weighted by atomic mass is 32.1. The van der Waals surface area contributed by atoms with E-state index in [-0.39, 0.29) is 12.5 Å². The Labute approximate surface area is 191 Å². The first-order chi connectivity index (χ1) is 15.7. The average molecular weight is 451 g/mol. The number of alkyl carbamates (subject to hydrolysis) is 1. The van der Waals surface area contributed by atoms with Gasteiger partial charge in [-0.05, 0) is 11.1 Å². The molecule has 0 spiro atoms. The molecular weight excluding hydrogens is 424 g/mol. The molecule has 3 aromatic rings. The van der Waals surface area contributed by atoms with Crippen LogP contribution in [0.5, 0.6) is 0 Å². The third-order valence-electron chi connectivity index (χ3n) is 5.37. The van der Waals surface area contributed by atoms with E-state index in [1.807, 2.05) is 70.9 Å². The fraction of sp³-hybridized carbons (Fsp3) is 0.292. The van der Waals surface area contributed by atoms with Crippen molar-refractivity contribution in [3.63, 3.8) is 0 Å². The zero-order valence-corrected chi connectivity index (χ0v) is 18.5. The number of hydrogen-bond donors (Lipinski definition) is 1. The van der Waals surface area contributed by atoms with Crippen molar-refractivity contribution in [1.29, 1.82) is 0 Å². The molecule has 1 aromatic heterocycles. The molecule has 2 heterocycles. The Morgan fingerprint density at radius 3 is 2.25 bits per heavy atom. The third kappa shape index (κ3) is 5.85. The maximum Gasteiger partial charge on any atom is 0.408 e. The minimum absolute atomic E-state index is 0.0932. The molecule has 1 atom stereocenters. The van der Waals surface area contributed by atoms with Gasteiger partial charge in [-0.1, -0.05) is 60.7 Å². The summed E-state index contributed by atoms with van der Waals surface area (Å²) in [7, 11) is 0. The van der Waals surface area contributed by atoms with Gasteiger partial charge in [-0.3, -0.25) is 4.79 Å². The van der Waals surface area contributed by atoms with Crippen LogP contribution in [0, 0.1) is 0 Å². The number of ether oxygens (including phenoxy) is 1. The van der Waals surface area contributed by atoms with Crippen molar-refractivity contribution in [3.8, 4) is 0 Å².